The third-order valence-corrected chi connectivity index (χ3v) is 3.81. The summed E-state index contributed by atoms with van der Waals surface area (Å²) < 4.78 is 15.4. The van der Waals surface area contributed by atoms with Crippen LogP contribution in [0.25, 0.3) is 0 Å². The van der Waals surface area contributed by atoms with Gasteiger partial charge in [-0.2, -0.15) is 0 Å². The number of ether oxygens (including phenoxy) is 3. The number of benzene rings is 1. The van der Waals surface area contributed by atoms with Gasteiger partial charge in [0.1, 0.15) is 5.56 Å². The second-order valence-electron chi connectivity index (χ2n) is 6.70. The predicted molar refractivity (Wildman–Crippen MR) is 95.2 cm³/mol. The number of nitro benzene ring substituents is 1. The number of nitrogens with zero attached hydrogens (tertiary/aromatic N) is 1. The number of amides is 1. The molecule has 146 valence electrons. The summed E-state index contributed by atoms with van der Waals surface area (Å²) >= 11 is 0. The maximum absolute atomic E-state index is 12.6. The quantitative estimate of drug-likeness (QED) is 0.505. The van der Waals surface area contributed by atoms with Crippen LogP contribution in [0, 0.1) is 15.5 Å². The van der Waals surface area contributed by atoms with Gasteiger partial charge in [-0.3, -0.25) is 14.9 Å². The summed E-state index contributed by atoms with van der Waals surface area (Å²) in [4.78, 5) is 23.4. The summed E-state index contributed by atoms with van der Waals surface area (Å²) in [5, 5.41) is 23.7. The van der Waals surface area contributed by atoms with E-state index in [1.165, 1.54) is 27.4 Å². The van der Waals surface area contributed by atoms with Crippen LogP contribution in [0.1, 0.15) is 37.6 Å². The lowest BCUT2D eigenvalue weighted by atomic mass is 9.87. The van der Waals surface area contributed by atoms with E-state index in [1.807, 2.05) is 13.8 Å². The number of aliphatic hydroxyl groups is 1. The Morgan fingerprint density at radius 1 is 1.27 bits per heavy atom. The third kappa shape index (κ3) is 4.98. The number of aliphatic hydroxyl groups excluding tert-OH is 1. The maximum atomic E-state index is 12.6. The molecular weight excluding hydrogens is 344 g/mol. The molecule has 0 fully saturated rings. The smallest absolute Gasteiger partial charge is 0.327 e. The number of rotatable bonds is 9. The van der Waals surface area contributed by atoms with E-state index in [4.69, 9.17) is 14.2 Å². The van der Waals surface area contributed by atoms with Crippen molar-refractivity contribution in [2.75, 3.05) is 27.9 Å². The lowest BCUT2D eigenvalue weighted by molar-refractivity contribution is -0.386. The van der Waals surface area contributed by atoms with Crippen molar-refractivity contribution in [1.82, 2.24) is 5.32 Å². The van der Waals surface area contributed by atoms with Gasteiger partial charge in [-0.1, -0.05) is 13.8 Å². The SMILES string of the molecule is COc1cc(C(=O)NCC(C)(C)CC(C)O)c([N+](=O)[O-])c(OC)c1OC. The molecule has 0 aliphatic heterocycles. The summed E-state index contributed by atoms with van der Waals surface area (Å²) in [5.41, 5.74) is -1.09. The molecular formula is C17H26N2O7. The van der Waals surface area contributed by atoms with Gasteiger partial charge in [0.2, 0.25) is 11.5 Å². The van der Waals surface area contributed by atoms with Crippen LogP contribution in [0.3, 0.4) is 0 Å². The van der Waals surface area contributed by atoms with Crippen molar-refractivity contribution in [3.05, 3.63) is 21.7 Å². The molecule has 0 heterocycles. The molecule has 1 atom stereocenters. The Labute approximate surface area is 152 Å². The van der Waals surface area contributed by atoms with Crippen LogP contribution in [-0.4, -0.2) is 49.9 Å². The van der Waals surface area contributed by atoms with Crippen LogP contribution in [0.5, 0.6) is 17.2 Å². The van der Waals surface area contributed by atoms with Crippen LogP contribution in [0.4, 0.5) is 5.69 Å². The van der Waals surface area contributed by atoms with Crippen LogP contribution in [0.2, 0.25) is 0 Å². The Morgan fingerprint density at radius 2 is 1.85 bits per heavy atom. The highest BCUT2D eigenvalue weighted by Crippen LogP contribution is 2.46. The van der Waals surface area contributed by atoms with Crippen LogP contribution in [0.15, 0.2) is 6.07 Å². The standard InChI is InChI=1S/C17H26N2O7/c1-10(20)8-17(2,3)9-18-16(21)11-7-12(24-4)14(25-5)15(26-6)13(11)19(22)23/h7,10,20H,8-9H2,1-6H3,(H,18,21). The lowest BCUT2D eigenvalue weighted by Crippen LogP contribution is -2.36. The third-order valence-electron chi connectivity index (χ3n) is 3.81. The number of carbonyl (C=O) groups excluding carboxylic acids is 1. The van der Waals surface area contributed by atoms with Crippen molar-refractivity contribution in [2.45, 2.75) is 33.3 Å². The predicted octanol–water partition coefficient (Wildman–Crippen LogP) is 2.15. The van der Waals surface area contributed by atoms with Gasteiger partial charge in [0, 0.05) is 12.6 Å². The number of methoxy groups -OCH3 is 3. The summed E-state index contributed by atoms with van der Waals surface area (Å²) in [7, 11) is 3.93. The monoisotopic (exact) mass is 370 g/mol. The van der Waals surface area contributed by atoms with Gasteiger partial charge >= 0.3 is 5.69 Å². The maximum Gasteiger partial charge on any atom is 0.327 e. The molecule has 1 rings (SSSR count). The molecule has 9 heteroatoms. The van der Waals surface area contributed by atoms with Crippen molar-refractivity contribution in [3.63, 3.8) is 0 Å². The van der Waals surface area contributed by atoms with E-state index in [9.17, 15) is 20.0 Å². The van der Waals surface area contributed by atoms with Crippen molar-refractivity contribution < 1.29 is 29.0 Å². The Kier molecular flexibility index (Phi) is 7.19. The molecule has 1 amide bonds. The second kappa shape index (κ2) is 8.70. The van der Waals surface area contributed by atoms with Crippen molar-refractivity contribution in [2.24, 2.45) is 5.41 Å². The van der Waals surface area contributed by atoms with E-state index in [0.717, 1.165) is 0 Å². The fourth-order valence-corrected chi connectivity index (χ4v) is 2.78. The number of carbonyl (C=O) groups is 1. The topological polar surface area (TPSA) is 120 Å². The van der Waals surface area contributed by atoms with Gasteiger partial charge < -0.3 is 24.6 Å². The average Bonchev–Trinajstić information content (AvgIpc) is 2.56. The lowest BCUT2D eigenvalue weighted by Gasteiger charge is -2.26. The Bertz CT molecular complexity index is 672. The summed E-state index contributed by atoms with van der Waals surface area (Å²) in [5.74, 6) is -0.657. The largest absolute Gasteiger partial charge is 0.493 e. The fraction of sp³-hybridized carbons (Fsp3) is 0.588. The molecule has 0 bridgehead atoms. The van der Waals surface area contributed by atoms with Gasteiger partial charge in [-0.25, -0.2) is 0 Å². The minimum absolute atomic E-state index is 0.0349. The minimum atomic E-state index is -0.698. The highest BCUT2D eigenvalue weighted by Gasteiger charge is 2.33. The average molecular weight is 370 g/mol. The van der Waals surface area contributed by atoms with Crippen LogP contribution < -0.4 is 19.5 Å². The number of nitrogens with one attached hydrogen (secondary N) is 1. The summed E-state index contributed by atoms with van der Waals surface area (Å²) in [6.07, 6.45) is -0.0672. The molecule has 0 aliphatic carbocycles. The zero-order valence-electron chi connectivity index (χ0n) is 15.9. The van der Waals surface area contributed by atoms with Crippen molar-refractivity contribution in [1.29, 1.82) is 0 Å². The van der Waals surface area contributed by atoms with Crippen molar-refractivity contribution in [3.8, 4) is 17.2 Å². The van der Waals surface area contributed by atoms with Crippen LogP contribution in [-0.2, 0) is 0 Å². The van der Waals surface area contributed by atoms with Gasteiger partial charge in [-0.05, 0) is 18.8 Å². The number of hydrogen-bond donors (Lipinski definition) is 2. The van der Waals surface area contributed by atoms with E-state index in [1.54, 1.807) is 6.92 Å². The molecule has 1 unspecified atom stereocenters. The van der Waals surface area contributed by atoms with Gasteiger partial charge in [0.05, 0.1) is 32.4 Å². The normalized spacial score (nSPS) is 12.3. The first-order chi connectivity index (χ1) is 12.1. The van der Waals surface area contributed by atoms with Gasteiger partial charge in [0.25, 0.3) is 5.91 Å². The summed E-state index contributed by atoms with van der Waals surface area (Å²) in [6.45, 7) is 5.64. The zero-order chi connectivity index (χ0) is 20.1. The van der Waals surface area contributed by atoms with E-state index >= 15 is 0 Å². The van der Waals surface area contributed by atoms with E-state index in [-0.39, 0.29) is 34.8 Å². The molecule has 0 saturated carbocycles. The Morgan fingerprint density at radius 3 is 2.27 bits per heavy atom. The first-order valence-corrected chi connectivity index (χ1v) is 8.01. The second-order valence-corrected chi connectivity index (χ2v) is 6.70. The Hall–Kier alpha value is -2.55. The molecule has 2 N–H and O–H groups in total. The molecule has 0 radical (unpaired) electrons. The van der Waals surface area contributed by atoms with Gasteiger partial charge in [0.15, 0.2) is 5.75 Å². The molecule has 0 aromatic heterocycles. The Balaban J connectivity index is 3.29. The molecule has 9 nitrogen and oxygen atoms in total. The first-order valence-electron chi connectivity index (χ1n) is 8.01. The van der Waals surface area contributed by atoms with Crippen LogP contribution >= 0.6 is 0 Å². The first kappa shape index (κ1) is 21.5. The molecule has 0 aliphatic rings. The fourth-order valence-electron chi connectivity index (χ4n) is 2.78. The molecule has 1 aromatic rings. The zero-order valence-corrected chi connectivity index (χ0v) is 15.9. The van der Waals surface area contributed by atoms with Crippen molar-refractivity contribution >= 4 is 11.6 Å². The number of hydrogen-bond acceptors (Lipinski definition) is 7. The molecule has 0 spiro atoms. The van der Waals surface area contributed by atoms with Gasteiger partial charge in [-0.15, -0.1) is 0 Å². The van der Waals surface area contributed by atoms with E-state index in [2.05, 4.69) is 5.32 Å². The van der Waals surface area contributed by atoms with E-state index < -0.39 is 22.6 Å². The molecule has 26 heavy (non-hydrogen) atoms. The minimum Gasteiger partial charge on any atom is -0.493 e. The number of nitro groups is 1. The highest BCUT2D eigenvalue weighted by molar-refractivity contribution is 6.00. The highest BCUT2D eigenvalue weighted by atomic mass is 16.6. The van der Waals surface area contributed by atoms with E-state index in [0.29, 0.717) is 6.42 Å². The molecule has 1 aromatic carbocycles. The summed E-state index contributed by atoms with van der Waals surface area (Å²) in [6, 6.07) is 1.25. The molecule has 0 saturated heterocycles.